The number of aryl methyl sites for hydroxylation is 1. The predicted octanol–water partition coefficient (Wildman–Crippen LogP) is 2.51. The Bertz CT molecular complexity index is 570. The van der Waals surface area contributed by atoms with Crippen LogP contribution in [0.3, 0.4) is 0 Å². The van der Waals surface area contributed by atoms with Crippen molar-refractivity contribution in [1.82, 2.24) is 15.2 Å². The molecule has 0 bridgehead atoms. The minimum absolute atomic E-state index is 0.230. The maximum Gasteiger partial charge on any atom is 0.119 e. The Kier molecular flexibility index (Phi) is 5.00. The average Bonchev–Trinajstić information content (AvgIpc) is 2.82. The summed E-state index contributed by atoms with van der Waals surface area (Å²) in [6.45, 7) is 2.89. The van der Waals surface area contributed by atoms with E-state index in [4.69, 9.17) is 22.2 Å². The lowest BCUT2D eigenvalue weighted by Gasteiger charge is -2.19. The Hall–Kier alpha value is -1.56. The third-order valence-electron chi connectivity index (χ3n) is 3.14. The SMILES string of the molecule is CCCn1ncc(Cl)c1C(NN)c1cccc(OC)c1. The number of rotatable bonds is 6. The number of nitrogens with one attached hydrogen (secondary N) is 1. The number of hydrogen-bond donors (Lipinski definition) is 2. The van der Waals surface area contributed by atoms with Crippen LogP contribution in [0.15, 0.2) is 30.5 Å². The van der Waals surface area contributed by atoms with E-state index in [1.165, 1.54) is 0 Å². The summed E-state index contributed by atoms with van der Waals surface area (Å²) in [7, 11) is 1.64. The number of aromatic nitrogens is 2. The highest BCUT2D eigenvalue weighted by molar-refractivity contribution is 6.31. The van der Waals surface area contributed by atoms with Gasteiger partial charge in [0.25, 0.3) is 0 Å². The van der Waals surface area contributed by atoms with Crippen molar-refractivity contribution < 1.29 is 4.74 Å². The molecule has 1 unspecified atom stereocenters. The van der Waals surface area contributed by atoms with Crippen molar-refractivity contribution in [3.63, 3.8) is 0 Å². The van der Waals surface area contributed by atoms with Gasteiger partial charge in [-0.3, -0.25) is 10.5 Å². The van der Waals surface area contributed by atoms with Gasteiger partial charge < -0.3 is 4.74 Å². The van der Waals surface area contributed by atoms with Gasteiger partial charge in [0.05, 0.1) is 30.1 Å². The highest BCUT2D eigenvalue weighted by atomic mass is 35.5. The summed E-state index contributed by atoms with van der Waals surface area (Å²) in [5.74, 6) is 6.51. The fraction of sp³-hybridized carbons (Fsp3) is 0.357. The number of benzene rings is 1. The normalized spacial score (nSPS) is 12.4. The molecule has 0 saturated carbocycles. The first kappa shape index (κ1) is 14.8. The van der Waals surface area contributed by atoms with Crippen LogP contribution in [0.1, 0.15) is 30.6 Å². The maximum atomic E-state index is 6.27. The lowest BCUT2D eigenvalue weighted by atomic mass is 10.0. The van der Waals surface area contributed by atoms with Gasteiger partial charge in [0.1, 0.15) is 5.75 Å². The number of ether oxygens (including phenoxy) is 1. The minimum atomic E-state index is -0.230. The summed E-state index contributed by atoms with van der Waals surface area (Å²) < 4.78 is 7.13. The third-order valence-corrected chi connectivity index (χ3v) is 3.43. The Morgan fingerprint density at radius 3 is 2.95 bits per heavy atom. The van der Waals surface area contributed by atoms with E-state index in [0.717, 1.165) is 30.0 Å². The summed E-state index contributed by atoms with van der Waals surface area (Å²) in [4.78, 5) is 0. The van der Waals surface area contributed by atoms with Gasteiger partial charge in [0, 0.05) is 6.54 Å². The number of nitrogens with zero attached hydrogens (tertiary/aromatic N) is 2. The number of halogens is 1. The predicted molar refractivity (Wildman–Crippen MR) is 79.7 cm³/mol. The monoisotopic (exact) mass is 294 g/mol. The lowest BCUT2D eigenvalue weighted by molar-refractivity contribution is 0.413. The minimum Gasteiger partial charge on any atom is -0.497 e. The molecule has 1 heterocycles. The summed E-state index contributed by atoms with van der Waals surface area (Å²) in [5, 5.41) is 4.90. The molecule has 1 atom stereocenters. The van der Waals surface area contributed by atoms with Crippen LogP contribution in [0.5, 0.6) is 5.75 Å². The topological polar surface area (TPSA) is 65.1 Å². The molecule has 0 aliphatic heterocycles. The maximum absolute atomic E-state index is 6.27. The summed E-state index contributed by atoms with van der Waals surface area (Å²) in [5.41, 5.74) is 4.65. The van der Waals surface area contributed by atoms with Gasteiger partial charge in [-0.15, -0.1) is 0 Å². The molecule has 2 aromatic rings. The van der Waals surface area contributed by atoms with Gasteiger partial charge in [0.2, 0.25) is 0 Å². The molecule has 0 aliphatic rings. The smallest absolute Gasteiger partial charge is 0.119 e. The second-order valence-electron chi connectivity index (χ2n) is 4.48. The average molecular weight is 295 g/mol. The molecule has 0 fully saturated rings. The van der Waals surface area contributed by atoms with E-state index in [1.54, 1.807) is 13.3 Å². The molecule has 20 heavy (non-hydrogen) atoms. The second-order valence-corrected chi connectivity index (χ2v) is 4.88. The zero-order chi connectivity index (χ0) is 14.5. The molecule has 0 amide bonds. The standard InChI is InChI=1S/C14H19ClN4O/c1-3-7-19-14(12(15)9-17-19)13(18-16)10-5-4-6-11(8-10)20-2/h4-6,8-9,13,18H,3,7,16H2,1-2H3. The Labute approximate surface area is 123 Å². The van der Waals surface area contributed by atoms with Gasteiger partial charge in [-0.05, 0) is 24.1 Å². The van der Waals surface area contributed by atoms with Crippen molar-refractivity contribution in [2.45, 2.75) is 25.9 Å². The molecule has 6 heteroatoms. The third kappa shape index (κ3) is 2.95. The molecule has 5 nitrogen and oxygen atoms in total. The van der Waals surface area contributed by atoms with Crippen LogP contribution >= 0.6 is 11.6 Å². The van der Waals surface area contributed by atoms with Gasteiger partial charge in [0.15, 0.2) is 0 Å². The van der Waals surface area contributed by atoms with Gasteiger partial charge >= 0.3 is 0 Å². The van der Waals surface area contributed by atoms with E-state index in [1.807, 2.05) is 28.9 Å². The van der Waals surface area contributed by atoms with Gasteiger partial charge in [-0.2, -0.15) is 5.10 Å². The Morgan fingerprint density at radius 1 is 1.50 bits per heavy atom. The fourth-order valence-corrected chi connectivity index (χ4v) is 2.45. The van der Waals surface area contributed by atoms with E-state index >= 15 is 0 Å². The Morgan fingerprint density at radius 2 is 2.30 bits per heavy atom. The zero-order valence-corrected chi connectivity index (χ0v) is 12.4. The summed E-state index contributed by atoms with van der Waals surface area (Å²) >= 11 is 6.27. The number of methoxy groups -OCH3 is 1. The zero-order valence-electron chi connectivity index (χ0n) is 11.6. The lowest BCUT2D eigenvalue weighted by Crippen LogP contribution is -2.31. The molecule has 2 rings (SSSR count). The van der Waals surface area contributed by atoms with E-state index in [9.17, 15) is 0 Å². The molecule has 0 aliphatic carbocycles. The van der Waals surface area contributed by atoms with E-state index in [0.29, 0.717) is 5.02 Å². The molecule has 0 spiro atoms. The van der Waals surface area contributed by atoms with Crippen molar-refractivity contribution in [3.05, 3.63) is 46.7 Å². The van der Waals surface area contributed by atoms with Crippen LogP contribution in [-0.4, -0.2) is 16.9 Å². The first-order valence-electron chi connectivity index (χ1n) is 6.52. The molecule has 3 N–H and O–H groups in total. The number of hydrogen-bond acceptors (Lipinski definition) is 4. The highest BCUT2D eigenvalue weighted by Crippen LogP contribution is 2.29. The first-order valence-corrected chi connectivity index (χ1v) is 6.90. The van der Waals surface area contributed by atoms with Crippen LogP contribution < -0.4 is 16.0 Å². The van der Waals surface area contributed by atoms with Crippen molar-refractivity contribution >= 4 is 11.6 Å². The van der Waals surface area contributed by atoms with Crippen molar-refractivity contribution in [2.75, 3.05) is 7.11 Å². The number of nitrogens with two attached hydrogens (primary N) is 1. The largest absolute Gasteiger partial charge is 0.497 e. The van der Waals surface area contributed by atoms with Crippen LogP contribution in [0.2, 0.25) is 5.02 Å². The highest BCUT2D eigenvalue weighted by Gasteiger charge is 2.21. The van der Waals surface area contributed by atoms with Crippen LogP contribution in [0, 0.1) is 0 Å². The van der Waals surface area contributed by atoms with Crippen LogP contribution in [-0.2, 0) is 6.54 Å². The molecule has 108 valence electrons. The van der Waals surface area contributed by atoms with Gasteiger partial charge in [-0.25, -0.2) is 5.43 Å². The van der Waals surface area contributed by atoms with Crippen molar-refractivity contribution in [1.29, 1.82) is 0 Å². The molecule has 1 aromatic heterocycles. The molecule has 0 radical (unpaired) electrons. The van der Waals surface area contributed by atoms with E-state index in [-0.39, 0.29) is 6.04 Å². The van der Waals surface area contributed by atoms with E-state index in [2.05, 4.69) is 17.4 Å². The van der Waals surface area contributed by atoms with Crippen LogP contribution in [0.4, 0.5) is 0 Å². The molecular weight excluding hydrogens is 276 g/mol. The van der Waals surface area contributed by atoms with Gasteiger partial charge in [-0.1, -0.05) is 30.7 Å². The molecular formula is C14H19ClN4O. The molecule has 1 aromatic carbocycles. The molecule has 0 saturated heterocycles. The number of hydrazine groups is 1. The fourth-order valence-electron chi connectivity index (χ4n) is 2.20. The van der Waals surface area contributed by atoms with E-state index < -0.39 is 0 Å². The van der Waals surface area contributed by atoms with Crippen molar-refractivity contribution in [2.24, 2.45) is 5.84 Å². The summed E-state index contributed by atoms with van der Waals surface area (Å²) in [6.07, 6.45) is 2.62. The second kappa shape index (κ2) is 6.74. The van der Waals surface area contributed by atoms with Crippen LogP contribution in [0.25, 0.3) is 0 Å². The quantitative estimate of drug-likeness (QED) is 0.635. The Balaban J connectivity index is 2.43. The summed E-state index contributed by atoms with van der Waals surface area (Å²) in [6, 6.07) is 7.50. The first-order chi connectivity index (χ1) is 9.71. The van der Waals surface area contributed by atoms with Crippen molar-refractivity contribution in [3.8, 4) is 5.75 Å².